The summed E-state index contributed by atoms with van der Waals surface area (Å²) in [5.74, 6) is 1.06. The van der Waals surface area contributed by atoms with Crippen molar-refractivity contribution in [3.63, 3.8) is 0 Å². The van der Waals surface area contributed by atoms with Gasteiger partial charge in [0.2, 0.25) is 11.8 Å². The fourth-order valence-corrected chi connectivity index (χ4v) is 5.24. The van der Waals surface area contributed by atoms with Crippen LogP contribution in [0.25, 0.3) is 0 Å². The van der Waals surface area contributed by atoms with Crippen LogP contribution in [0.4, 0.5) is 5.69 Å². The second-order valence-corrected chi connectivity index (χ2v) is 7.58. The van der Waals surface area contributed by atoms with E-state index in [0.29, 0.717) is 12.3 Å². The molecule has 1 spiro atoms. The molecule has 3 aliphatic carbocycles. The zero-order valence-electron chi connectivity index (χ0n) is 13.8. The fraction of sp³-hybridized carbons (Fsp3) is 0.500. The molecule has 4 nitrogen and oxygen atoms in total. The van der Waals surface area contributed by atoms with Crippen molar-refractivity contribution in [1.82, 2.24) is 0 Å². The summed E-state index contributed by atoms with van der Waals surface area (Å²) in [6, 6.07) is 7.33. The summed E-state index contributed by atoms with van der Waals surface area (Å²) in [5, 5.41) is 0. The number of carbonyl (C=O) groups is 2. The molecule has 2 saturated carbocycles. The lowest BCUT2D eigenvalue weighted by atomic mass is 9.85. The summed E-state index contributed by atoms with van der Waals surface area (Å²) in [6.07, 6.45) is 7.70. The average molecular weight is 323 g/mol. The monoisotopic (exact) mass is 323 g/mol. The molecule has 4 aliphatic rings. The minimum Gasteiger partial charge on any atom is -0.494 e. The van der Waals surface area contributed by atoms with Gasteiger partial charge in [0.25, 0.3) is 0 Å². The van der Waals surface area contributed by atoms with Crippen LogP contribution in [-0.4, -0.2) is 18.4 Å². The quantitative estimate of drug-likeness (QED) is 0.631. The Kier molecular flexibility index (Phi) is 2.80. The standard InChI is InChI=1S/C20H21NO3/c1-2-11-24-13-5-3-12(4-6-13)21-18(22)16-14-7-8-15(17(16)19(21)23)20(14)9-10-20/h3-8,14-17H,2,9-11H2,1H3/t14-,15+,16-,17+. The third-order valence-corrected chi connectivity index (χ3v) is 6.42. The van der Waals surface area contributed by atoms with Gasteiger partial charge in [-0.25, -0.2) is 0 Å². The first kappa shape index (κ1) is 14.3. The number of rotatable bonds is 4. The van der Waals surface area contributed by atoms with Crippen LogP contribution in [-0.2, 0) is 9.59 Å². The van der Waals surface area contributed by atoms with Crippen LogP contribution in [0.15, 0.2) is 36.4 Å². The first-order valence-electron chi connectivity index (χ1n) is 8.96. The van der Waals surface area contributed by atoms with E-state index < -0.39 is 0 Å². The molecule has 2 amide bonds. The predicted molar refractivity (Wildman–Crippen MR) is 89.5 cm³/mol. The van der Waals surface area contributed by atoms with E-state index in [0.717, 1.165) is 12.2 Å². The zero-order valence-corrected chi connectivity index (χ0v) is 13.8. The van der Waals surface area contributed by atoms with Crippen molar-refractivity contribution in [2.75, 3.05) is 11.5 Å². The van der Waals surface area contributed by atoms with Crippen molar-refractivity contribution >= 4 is 17.5 Å². The lowest BCUT2D eigenvalue weighted by Crippen LogP contribution is -2.34. The molecule has 1 aliphatic heterocycles. The third-order valence-electron chi connectivity index (χ3n) is 6.42. The summed E-state index contributed by atoms with van der Waals surface area (Å²) >= 11 is 0. The molecule has 0 aromatic heterocycles. The smallest absolute Gasteiger partial charge is 0.238 e. The van der Waals surface area contributed by atoms with Crippen LogP contribution in [0, 0.1) is 29.1 Å². The molecule has 2 bridgehead atoms. The summed E-state index contributed by atoms with van der Waals surface area (Å²) in [7, 11) is 0. The van der Waals surface area contributed by atoms with Crippen LogP contribution in [0.1, 0.15) is 26.2 Å². The lowest BCUT2D eigenvalue weighted by Gasteiger charge is -2.21. The van der Waals surface area contributed by atoms with E-state index in [2.05, 4.69) is 19.1 Å². The maximum Gasteiger partial charge on any atom is 0.238 e. The molecule has 24 heavy (non-hydrogen) atoms. The molecule has 1 heterocycles. The molecule has 124 valence electrons. The molecule has 5 rings (SSSR count). The Morgan fingerprint density at radius 1 is 1.04 bits per heavy atom. The highest BCUT2D eigenvalue weighted by Crippen LogP contribution is 2.73. The van der Waals surface area contributed by atoms with Gasteiger partial charge >= 0.3 is 0 Å². The van der Waals surface area contributed by atoms with Gasteiger partial charge < -0.3 is 4.74 Å². The van der Waals surface area contributed by atoms with E-state index in [-0.39, 0.29) is 40.9 Å². The SMILES string of the molecule is CCCOc1ccc(N2C(=O)[C@@H]3[C@H](C2=O)[C@H]2C=C[C@@H]3C23CC3)cc1. The second kappa shape index (κ2) is 4.71. The van der Waals surface area contributed by atoms with E-state index in [4.69, 9.17) is 4.74 Å². The summed E-state index contributed by atoms with van der Waals surface area (Å²) in [6.45, 7) is 2.73. The molecule has 0 N–H and O–H groups in total. The Bertz CT molecular complexity index is 713. The summed E-state index contributed by atoms with van der Waals surface area (Å²) in [5.41, 5.74) is 0.928. The summed E-state index contributed by atoms with van der Waals surface area (Å²) in [4.78, 5) is 27.4. The topological polar surface area (TPSA) is 46.6 Å². The highest BCUT2D eigenvalue weighted by Gasteiger charge is 2.73. The second-order valence-electron chi connectivity index (χ2n) is 7.58. The average Bonchev–Trinajstić information content (AvgIpc) is 3.19. The number of hydrogen-bond donors (Lipinski definition) is 0. The van der Waals surface area contributed by atoms with Crippen LogP contribution < -0.4 is 9.64 Å². The van der Waals surface area contributed by atoms with Gasteiger partial charge in [0.05, 0.1) is 24.1 Å². The number of hydrogen-bond acceptors (Lipinski definition) is 3. The maximum absolute atomic E-state index is 13.0. The van der Waals surface area contributed by atoms with Crippen LogP contribution in [0.3, 0.4) is 0 Å². The van der Waals surface area contributed by atoms with Crippen molar-refractivity contribution in [1.29, 1.82) is 0 Å². The van der Waals surface area contributed by atoms with Crippen molar-refractivity contribution in [2.24, 2.45) is 29.1 Å². The summed E-state index contributed by atoms with van der Waals surface area (Å²) < 4.78 is 5.58. The predicted octanol–water partition coefficient (Wildman–Crippen LogP) is 3.18. The number of ether oxygens (including phenoxy) is 1. The van der Waals surface area contributed by atoms with Gasteiger partial charge in [-0.1, -0.05) is 19.1 Å². The Labute approximate surface area is 141 Å². The van der Waals surface area contributed by atoms with Crippen molar-refractivity contribution in [2.45, 2.75) is 26.2 Å². The molecular formula is C20H21NO3. The molecule has 4 heteroatoms. The van der Waals surface area contributed by atoms with Crippen LogP contribution in [0.2, 0.25) is 0 Å². The normalized spacial score (nSPS) is 34.3. The number of imide groups is 1. The molecule has 4 atom stereocenters. The minimum absolute atomic E-state index is 0.00430. The number of benzene rings is 1. The highest BCUT2D eigenvalue weighted by atomic mass is 16.5. The Morgan fingerprint density at radius 3 is 2.12 bits per heavy atom. The maximum atomic E-state index is 13.0. The molecule has 1 aromatic carbocycles. The van der Waals surface area contributed by atoms with Crippen molar-refractivity contribution in [3.8, 4) is 5.75 Å². The van der Waals surface area contributed by atoms with Gasteiger partial charge in [0.15, 0.2) is 0 Å². The lowest BCUT2D eigenvalue weighted by molar-refractivity contribution is -0.123. The number of nitrogens with zero attached hydrogens (tertiary/aromatic N) is 1. The van der Waals surface area contributed by atoms with Gasteiger partial charge in [-0.2, -0.15) is 0 Å². The van der Waals surface area contributed by atoms with E-state index in [1.54, 1.807) is 0 Å². The molecule has 0 radical (unpaired) electrons. The largest absolute Gasteiger partial charge is 0.494 e. The molecule has 3 fully saturated rings. The minimum atomic E-state index is -0.133. The van der Waals surface area contributed by atoms with Crippen LogP contribution >= 0.6 is 0 Å². The Hall–Kier alpha value is -2.10. The van der Waals surface area contributed by atoms with Crippen molar-refractivity contribution in [3.05, 3.63) is 36.4 Å². The van der Waals surface area contributed by atoms with Crippen LogP contribution in [0.5, 0.6) is 5.75 Å². The number of carbonyl (C=O) groups excluding carboxylic acids is 2. The van der Waals surface area contributed by atoms with Gasteiger partial charge in [-0.05, 0) is 60.8 Å². The number of anilines is 1. The van der Waals surface area contributed by atoms with Gasteiger partial charge in [-0.3, -0.25) is 14.5 Å². The number of fused-ring (bicyclic) bond motifs is 3. The zero-order chi connectivity index (χ0) is 16.5. The highest BCUT2D eigenvalue weighted by molar-refractivity contribution is 6.23. The van der Waals surface area contributed by atoms with E-state index in [1.807, 2.05) is 24.3 Å². The first-order chi connectivity index (χ1) is 11.7. The third kappa shape index (κ3) is 1.64. The molecular weight excluding hydrogens is 302 g/mol. The van der Waals surface area contributed by atoms with E-state index in [9.17, 15) is 9.59 Å². The molecule has 1 aromatic rings. The van der Waals surface area contributed by atoms with E-state index >= 15 is 0 Å². The Balaban J connectivity index is 1.43. The number of amides is 2. The molecule has 0 unspecified atom stereocenters. The van der Waals surface area contributed by atoms with Gasteiger partial charge in [0, 0.05) is 0 Å². The number of allylic oxidation sites excluding steroid dienone is 2. The fourth-order valence-electron chi connectivity index (χ4n) is 5.24. The van der Waals surface area contributed by atoms with E-state index in [1.165, 1.54) is 17.7 Å². The Morgan fingerprint density at radius 2 is 1.62 bits per heavy atom. The molecule has 1 saturated heterocycles. The van der Waals surface area contributed by atoms with Crippen molar-refractivity contribution < 1.29 is 14.3 Å². The van der Waals surface area contributed by atoms with Gasteiger partial charge in [0.1, 0.15) is 5.75 Å². The first-order valence-corrected chi connectivity index (χ1v) is 8.96. The van der Waals surface area contributed by atoms with Gasteiger partial charge in [-0.15, -0.1) is 0 Å².